The SMILES string of the molecule is COc1ccccc1C1CCN(Cc2cn(C)nc2C)c2ccccc2S1. The fourth-order valence-corrected chi connectivity index (χ4v) is 5.08. The molecule has 4 rings (SSSR count). The Morgan fingerprint density at radius 3 is 2.70 bits per heavy atom. The van der Waals surface area contributed by atoms with E-state index in [9.17, 15) is 0 Å². The second kappa shape index (κ2) is 7.69. The summed E-state index contributed by atoms with van der Waals surface area (Å²) in [6.07, 6.45) is 3.20. The highest BCUT2D eigenvalue weighted by atomic mass is 32.2. The minimum absolute atomic E-state index is 0.377. The van der Waals surface area contributed by atoms with Gasteiger partial charge in [0.1, 0.15) is 5.75 Å². The lowest BCUT2D eigenvalue weighted by molar-refractivity contribution is 0.409. The van der Waals surface area contributed by atoms with Gasteiger partial charge in [0.2, 0.25) is 0 Å². The van der Waals surface area contributed by atoms with Gasteiger partial charge in [0.05, 0.1) is 18.5 Å². The molecular formula is C22H25N3OS. The first kappa shape index (κ1) is 18.0. The van der Waals surface area contributed by atoms with Crippen molar-refractivity contribution < 1.29 is 4.74 Å². The average molecular weight is 380 g/mol. The zero-order valence-corrected chi connectivity index (χ0v) is 16.9. The van der Waals surface area contributed by atoms with Gasteiger partial charge in [-0.25, -0.2) is 0 Å². The second-order valence-electron chi connectivity index (χ2n) is 6.94. The highest BCUT2D eigenvalue weighted by Crippen LogP contribution is 2.47. The number of hydrogen-bond acceptors (Lipinski definition) is 4. The molecule has 0 saturated heterocycles. The number of para-hydroxylation sites is 2. The van der Waals surface area contributed by atoms with E-state index in [1.54, 1.807) is 7.11 Å². The number of nitrogens with zero attached hydrogens (tertiary/aromatic N) is 3. The first-order valence-corrected chi connectivity index (χ1v) is 10.2. The van der Waals surface area contributed by atoms with Crippen molar-refractivity contribution in [2.45, 2.75) is 30.0 Å². The Hall–Kier alpha value is -2.40. The van der Waals surface area contributed by atoms with Gasteiger partial charge in [-0.3, -0.25) is 4.68 Å². The number of ether oxygens (including phenoxy) is 1. The quantitative estimate of drug-likeness (QED) is 0.639. The van der Waals surface area contributed by atoms with Crippen LogP contribution in [0.3, 0.4) is 0 Å². The van der Waals surface area contributed by atoms with Crippen molar-refractivity contribution in [2.24, 2.45) is 7.05 Å². The lowest BCUT2D eigenvalue weighted by Crippen LogP contribution is -2.24. The number of hydrogen-bond donors (Lipinski definition) is 0. The second-order valence-corrected chi connectivity index (χ2v) is 8.18. The monoisotopic (exact) mass is 379 g/mol. The summed E-state index contributed by atoms with van der Waals surface area (Å²) in [5.74, 6) is 0.976. The number of fused-ring (bicyclic) bond motifs is 1. The van der Waals surface area contributed by atoms with E-state index in [-0.39, 0.29) is 0 Å². The van der Waals surface area contributed by atoms with Crippen molar-refractivity contribution in [3.63, 3.8) is 0 Å². The normalized spacial score (nSPS) is 16.7. The van der Waals surface area contributed by atoms with Gasteiger partial charge in [-0.05, 0) is 31.5 Å². The Labute approximate surface area is 165 Å². The van der Waals surface area contributed by atoms with E-state index in [1.807, 2.05) is 29.6 Å². The highest BCUT2D eigenvalue weighted by molar-refractivity contribution is 7.99. The van der Waals surface area contributed by atoms with Crippen LogP contribution in [-0.4, -0.2) is 23.4 Å². The number of anilines is 1. The van der Waals surface area contributed by atoms with Crippen LogP contribution < -0.4 is 9.64 Å². The molecule has 27 heavy (non-hydrogen) atoms. The van der Waals surface area contributed by atoms with Gasteiger partial charge < -0.3 is 9.64 Å². The number of rotatable bonds is 4. The lowest BCUT2D eigenvalue weighted by Gasteiger charge is -2.24. The zero-order valence-electron chi connectivity index (χ0n) is 16.1. The summed E-state index contributed by atoms with van der Waals surface area (Å²) < 4.78 is 7.53. The molecule has 1 unspecified atom stereocenters. The van der Waals surface area contributed by atoms with Crippen LogP contribution in [0.4, 0.5) is 5.69 Å². The molecule has 1 aliphatic rings. The molecule has 2 heterocycles. The predicted molar refractivity (Wildman–Crippen MR) is 112 cm³/mol. The molecule has 140 valence electrons. The average Bonchev–Trinajstić information content (AvgIpc) is 2.89. The van der Waals surface area contributed by atoms with Gasteiger partial charge in [0, 0.05) is 47.6 Å². The van der Waals surface area contributed by atoms with Crippen LogP contribution in [0.1, 0.15) is 28.5 Å². The third kappa shape index (κ3) is 3.69. The van der Waals surface area contributed by atoms with Crippen molar-refractivity contribution in [3.05, 3.63) is 71.5 Å². The van der Waals surface area contributed by atoms with Crippen LogP contribution in [0.25, 0.3) is 0 Å². The molecule has 1 aliphatic heterocycles. The van der Waals surface area contributed by atoms with Crippen molar-refractivity contribution >= 4 is 17.4 Å². The van der Waals surface area contributed by atoms with Gasteiger partial charge in [-0.15, -0.1) is 11.8 Å². The van der Waals surface area contributed by atoms with E-state index in [1.165, 1.54) is 21.7 Å². The maximum absolute atomic E-state index is 5.63. The maximum Gasteiger partial charge on any atom is 0.123 e. The Kier molecular flexibility index (Phi) is 5.12. The maximum atomic E-state index is 5.63. The van der Waals surface area contributed by atoms with E-state index < -0.39 is 0 Å². The zero-order chi connectivity index (χ0) is 18.8. The first-order chi connectivity index (χ1) is 13.2. The first-order valence-electron chi connectivity index (χ1n) is 9.28. The Balaban J connectivity index is 1.66. The van der Waals surface area contributed by atoms with Gasteiger partial charge in [-0.2, -0.15) is 5.10 Å². The Bertz CT molecular complexity index is 937. The molecule has 0 amide bonds. The fraction of sp³-hybridized carbons (Fsp3) is 0.318. The van der Waals surface area contributed by atoms with Crippen LogP contribution in [-0.2, 0) is 13.6 Å². The molecule has 0 N–H and O–H groups in total. The summed E-state index contributed by atoms with van der Waals surface area (Å²) in [5, 5.41) is 4.89. The van der Waals surface area contributed by atoms with Crippen LogP contribution in [0.5, 0.6) is 5.75 Å². The van der Waals surface area contributed by atoms with Crippen LogP contribution in [0.15, 0.2) is 59.6 Å². The van der Waals surface area contributed by atoms with Gasteiger partial charge >= 0.3 is 0 Å². The summed E-state index contributed by atoms with van der Waals surface area (Å²) >= 11 is 1.94. The van der Waals surface area contributed by atoms with Crippen molar-refractivity contribution in [3.8, 4) is 5.75 Å². The fourth-order valence-electron chi connectivity index (χ4n) is 3.75. The summed E-state index contributed by atoms with van der Waals surface area (Å²) in [4.78, 5) is 3.81. The molecule has 5 heteroatoms. The molecule has 0 spiro atoms. The number of thioether (sulfide) groups is 1. The summed E-state index contributed by atoms with van der Waals surface area (Å²) in [6, 6.07) is 17.1. The van der Waals surface area contributed by atoms with Crippen LogP contribution >= 0.6 is 11.8 Å². The number of methoxy groups -OCH3 is 1. The van der Waals surface area contributed by atoms with Crippen molar-refractivity contribution in [1.82, 2.24) is 9.78 Å². The van der Waals surface area contributed by atoms with Gasteiger partial charge in [0.15, 0.2) is 0 Å². The molecule has 1 aromatic heterocycles. The van der Waals surface area contributed by atoms with E-state index >= 15 is 0 Å². The summed E-state index contributed by atoms with van der Waals surface area (Å²) in [6.45, 7) is 3.97. The van der Waals surface area contributed by atoms with Gasteiger partial charge in [0.25, 0.3) is 0 Å². The molecular weight excluding hydrogens is 354 g/mol. The largest absolute Gasteiger partial charge is 0.496 e. The third-order valence-electron chi connectivity index (χ3n) is 5.10. The molecule has 1 atom stereocenters. The summed E-state index contributed by atoms with van der Waals surface area (Å²) in [7, 11) is 3.74. The summed E-state index contributed by atoms with van der Waals surface area (Å²) in [5.41, 5.74) is 4.98. The molecule has 0 saturated carbocycles. The topological polar surface area (TPSA) is 30.3 Å². The highest BCUT2D eigenvalue weighted by Gasteiger charge is 2.25. The lowest BCUT2D eigenvalue weighted by atomic mass is 10.1. The molecule has 0 aliphatic carbocycles. The molecule has 4 nitrogen and oxygen atoms in total. The third-order valence-corrected chi connectivity index (χ3v) is 6.47. The van der Waals surface area contributed by atoms with Crippen LogP contribution in [0, 0.1) is 6.92 Å². The van der Waals surface area contributed by atoms with Crippen molar-refractivity contribution in [2.75, 3.05) is 18.6 Å². The van der Waals surface area contributed by atoms with Crippen molar-refractivity contribution in [1.29, 1.82) is 0 Å². The van der Waals surface area contributed by atoms with E-state index in [4.69, 9.17) is 4.74 Å². The van der Waals surface area contributed by atoms with Crippen LogP contribution in [0.2, 0.25) is 0 Å². The minimum atomic E-state index is 0.377. The Morgan fingerprint density at radius 2 is 1.93 bits per heavy atom. The number of aryl methyl sites for hydroxylation is 2. The molecule has 0 radical (unpaired) electrons. The number of benzene rings is 2. The molecule has 0 fully saturated rings. The predicted octanol–water partition coefficient (Wildman–Crippen LogP) is 4.98. The van der Waals surface area contributed by atoms with E-state index in [2.05, 4.69) is 65.6 Å². The molecule has 0 bridgehead atoms. The smallest absolute Gasteiger partial charge is 0.123 e. The number of aromatic nitrogens is 2. The standard InChI is InChI=1S/C22H25N3OS/c1-16-17(14-24(2)23-16)15-25-13-12-21(18-8-4-6-10-20(18)26-3)27-22-11-7-5-9-19(22)25/h4-11,14,21H,12-13,15H2,1-3H3. The molecule has 2 aromatic carbocycles. The Morgan fingerprint density at radius 1 is 1.15 bits per heavy atom. The minimum Gasteiger partial charge on any atom is -0.496 e. The molecule has 3 aromatic rings. The van der Waals surface area contributed by atoms with E-state index in [0.29, 0.717) is 5.25 Å². The van der Waals surface area contributed by atoms with E-state index in [0.717, 1.165) is 31.0 Å². The van der Waals surface area contributed by atoms with Gasteiger partial charge in [-0.1, -0.05) is 30.3 Å².